The maximum absolute atomic E-state index is 12.4. The molecule has 0 aliphatic carbocycles. The van der Waals surface area contributed by atoms with Crippen molar-refractivity contribution in [2.75, 3.05) is 12.3 Å². The molecule has 1 atom stereocenters. The van der Waals surface area contributed by atoms with Crippen LogP contribution in [-0.4, -0.2) is 25.0 Å². The van der Waals surface area contributed by atoms with Crippen LogP contribution < -0.4 is 0 Å². The van der Waals surface area contributed by atoms with Crippen LogP contribution in [0.4, 0.5) is 0 Å². The van der Waals surface area contributed by atoms with Crippen molar-refractivity contribution >= 4 is 26.0 Å². The van der Waals surface area contributed by atoms with Gasteiger partial charge in [0.05, 0.1) is 5.75 Å². The molecule has 0 bridgehead atoms. The van der Waals surface area contributed by atoms with Gasteiger partial charge in [0.1, 0.15) is 0 Å². The van der Waals surface area contributed by atoms with E-state index in [0.29, 0.717) is 13.0 Å². The molecule has 1 aromatic carbocycles. The number of rotatable bonds is 7. The Bertz CT molecular complexity index is 502. The van der Waals surface area contributed by atoms with Crippen molar-refractivity contribution in [3.8, 4) is 0 Å². The van der Waals surface area contributed by atoms with Gasteiger partial charge in [-0.1, -0.05) is 48.0 Å². The van der Waals surface area contributed by atoms with Crippen LogP contribution in [0.15, 0.2) is 28.7 Å². The molecule has 0 spiro atoms. The summed E-state index contributed by atoms with van der Waals surface area (Å²) in [5.74, 6) is 0.210. The molecule has 0 aromatic heterocycles. The van der Waals surface area contributed by atoms with Crippen molar-refractivity contribution in [1.29, 1.82) is 0 Å². The third-order valence-corrected chi connectivity index (χ3v) is 5.91. The molecule has 3 nitrogen and oxygen atoms in total. The van der Waals surface area contributed by atoms with E-state index in [4.69, 9.17) is 0 Å². The second kappa shape index (κ2) is 7.41. The molecule has 19 heavy (non-hydrogen) atoms. The fourth-order valence-electron chi connectivity index (χ4n) is 2.14. The van der Waals surface area contributed by atoms with Crippen molar-refractivity contribution in [3.63, 3.8) is 0 Å². The van der Waals surface area contributed by atoms with Gasteiger partial charge in [0.2, 0.25) is 10.0 Å². The van der Waals surface area contributed by atoms with Crippen molar-refractivity contribution < 1.29 is 8.42 Å². The Balaban J connectivity index is 3.10. The zero-order valence-corrected chi connectivity index (χ0v) is 14.2. The molecule has 1 aromatic rings. The Morgan fingerprint density at radius 3 is 2.37 bits per heavy atom. The average Bonchev–Trinajstić information content (AvgIpc) is 2.35. The number of halogens is 1. The number of sulfonamides is 1. The largest absolute Gasteiger partial charge is 0.214 e. The second-order valence-electron chi connectivity index (χ2n) is 4.62. The third-order valence-electron chi connectivity index (χ3n) is 3.05. The lowest BCUT2D eigenvalue weighted by Crippen LogP contribution is -2.36. The van der Waals surface area contributed by atoms with Crippen LogP contribution in [-0.2, 0) is 10.0 Å². The molecular weight excluding hydrogens is 326 g/mol. The molecule has 0 saturated heterocycles. The van der Waals surface area contributed by atoms with E-state index in [-0.39, 0.29) is 11.8 Å². The van der Waals surface area contributed by atoms with Crippen LogP contribution in [0.5, 0.6) is 0 Å². The smallest absolute Gasteiger partial charge is 0.212 e. The number of benzene rings is 1. The summed E-state index contributed by atoms with van der Waals surface area (Å²) in [7, 11) is -3.19. The first-order valence-electron chi connectivity index (χ1n) is 6.68. The molecule has 108 valence electrons. The van der Waals surface area contributed by atoms with E-state index in [9.17, 15) is 8.42 Å². The van der Waals surface area contributed by atoms with E-state index < -0.39 is 10.0 Å². The minimum absolute atomic E-state index is 0.146. The molecule has 0 amide bonds. The molecule has 0 aliphatic rings. The van der Waals surface area contributed by atoms with Gasteiger partial charge >= 0.3 is 0 Å². The molecule has 0 N–H and O–H groups in total. The molecule has 1 unspecified atom stereocenters. The highest BCUT2D eigenvalue weighted by Crippen LogP contribution is 2.29. The lowest BCUT2D eigenvalue weighted by Gasteiger charge is -2.29. The highest BCUT2D eigenvalue weighted by atomic mass is 79.9. The lowest BCUT2D eigenvalue weighted by atomic mass is 10.1. The van der Waals surface area contributed by atoms with Crippen molar-refractivity contribution in [2.24, 2.45) is 0 Å². The van der Waals surface area contributed by atoms with Crippen LogP contribution >= 0.6 is 15.9 Å². The predicted octanol–water partition coefficient (Wildman–Crippen LogP) is 3.96. The van der Waals surface area contributed by atoms with Crippen LogP contribution in [0, 0.1) is 0 Å². The Labute approximate surface area is 125 Å². The maximum Gasteiger partial charge on any atom is 0.214 e. The van der Waals surface area contributed by atoms with E-state index in [1.807, 2.05) is 45.0 Å². The number of hydrogen-bond donors (Lipinski definition) is 0. The van der Waals surface area contributed by atoms with Crippen LogP contribution in [0.25, 0.3) is 0 Å². The first-order valence-corrected chi connectivity index (χ1v) is 9.08. The molecule has 0 radical (unpaired) electrons. The van der Waals surface area contributed by atoms with Gasteiger partial charge < -0.3 is 0 Å². The molecule has 5 heteroatoms. The molecule has 0 fully saturated rings. The minimum Gasteiger partial charge on any atom is -0.212 e. The van der Waals surface area contributed by atoms with Gasteiger partial charge in [-0.3, -0.25) is 0 Å². The summed E-state index contributed by atoms with van der Waals surface area (Å²) in [6.45, 7) is 6.40. The number of hydrogen-bond acceptors (Lipinski definition) is 2. The van der Waals surface area contributed by atoms with Crippen LogP contribution in [0.2, 0.25) is 0 Å². The van der Waals surface area contributed by atoms with Crippen molar-refractivity contribution in [2.45, 2.75) is 39.7 Å². The highest BCUT2D eigenvalue weighted by Gasteiger charge is 2.27. The summed E-state index contributed by atoms with van der Waals surface area (Å²) >= 11 is 3.50. The van der Waals surface area contributed by atoms with E-state index >= 15 is 0 Å². The zero-order valence-electron chi connectivity index (χ0n) is 11.8. The minimum atomic E-state index is -3.19. The third kappa shape index (κ3) is 4.29. The van der Waals surface area contributed by atoms with Crippen LogP contribution in [0.1, 0.15) is 45.2 Å². The quantitative estimate of drug-likeness (QED) is 0.748. The van der Waals surface area contributed by atoms with Gasteiger partial charge in [-0.25, -0.2) is 8.42 Å². The second-order valence-corrected chi connectivity index (χ2v) is 7.52. The topological polar surface area (TPSA) is 37.4 Å². The van der Waals surface area contributed by atoms with E-state index in [2.05, 4.69) is 15.9 Å². The van der Waals surface area contributed by atoms with Crippen molar-refractivity contribution in [1.82, 2.24) is 4.31 Å². The average molecular weight is 348 g/mol. The first-order chi connectivity index (χ1) is 8.94. The normalized spacial score (nSPS) is 13.7. The van der Waals surface area contributed by atoms with Gasteiger partial charge in [-0.05, 0) is 31.4 Å². The molecular formula is C14H22BrNO2S. The fraction of sp³-hybridized carbons (Fsp3) is 0.571. The maximum atomic E-state index is 12.4. The Morgan fingerprint density at radius 1 is 1.21 bits per heavy atom. The predicted molar refractivity (Wildman–Crippen MR) is 83.6 cm³/mol. The zero-order chi connectivity index (χ0) is 14.5. The summed E-state index contributed by atoms with van der Waals surface area (Å²) in [6.07, 6.45) is 1.46. The summed E-state index contributed by atoms with van der Waals surface area (Å²) < 4.78 is 27.3. The molecule has 0 aliphatic heterocycles. The summed E-state index contributed by atoms with van der Waals surface area (Å²) in [4.78, 5) is 0. The standard InChI is InChI=1S/C14H22BrNO2S/c1-4-10-16(19(17,18)11-5-2)12(3)13-8-6-7-9-14(13)15/h6-9,12H,4-5,10-11H2,1-3H3. The SMILES string of the molecule is CCCN(C(C)c1ccccc1Br)S(=O)(=O)CCC. The summed E-state index contributed by atoms with van der Waals surface area (Å²) in [6, 6.07) is 7.64. The van der Waals surface area contributed by atoms with Gasteiger partial charge in [0.25, 0.3) is 0 Å². The Morgan fingerprint density at radius 2 is 1.84 bits per heavy atom. The van der Waals surface area contributed by atoms with Gasteiger partial charge in [-0.2, -0.15) is 4.31 Å². The highest BCUT2D eigenvalue weighted by molar-refractivity contribution is 9.10. The monoisotopic (exact) mass is 347 g/mol. The Hall–Kier alpha value is -0.390. The fourth-order valence-corrected chi connectivity index (χ4v) is 4.56. The summed E-state index contributed by atoms with van der Waals surface area (Å²) in [5.41, 5.74) is 1.01. The first kappa shape index (κ1) is 16.7. The van der Waals surface area contributed by atoms with Gasteiger partial charge in [-0.15, -0.1) is 0 Å². The van der Waals surface area contributed by atoms with E-state index in [1.165, 1.54) is 0 Å². The lowest BCUT2D eigenvalue weighted by molar-refractivity contribution is 0.341. The van der Waals surface area contributed by atoms with Crippen LogP contribution in [0.3, 0.4) is 0 Å². The van der Waals surface area contributed by atoms with Crippen molar-refractivity contribution in [3.05, 3.63) is 34.3 Å². The van der Waals surface area contributed by atoms with Gasteiger partial charge in [0.15, 0.2) is 0 Å². The van der Waals surface area contributed by atoms with E-state index in [0.717, 1.165) is 16.5 Å². The van der Waals surface area contributed by atoms with E-state index in [1.54, 1.807) is 4.31 Å². The van der Waals surface area contributed by atoms with Gasteiger partial charge in [0, 0.05) is 17.1 Å². The molecule has 0 heterocycles. The molecule has 1 rings (SSSR count). The number of nitrogens with zero attached hydrogens (tertiary/aromatic N) is 1. The Kier molecular flexibility index (Phi) is 6.50. The molecule has 0 saturated carbocycles. The summed E-state index contributed by atoms with van der Waals surface area (Å²) in [5, 5.41) is 0.